The first-order valence-electron chi connectivity index (χ1n) is 5.45. The van der Waals surface area contributed by atoms with Crippen LogP contribution in [0.1, 0.15) is 46.0 Å². The lowest BCUT2D eigenvalue weighted by Crippen LogP contribution is -2.42. The molecule has 1 saturated carbocycles. The van der Waals surface area contributed by atoms with Gasteiger partial charge in [0.2, 0.25) is 5.91 Å². The van der Waals surface area contributed by atoms with Gasteiger partial charge in [0.25, 0.3) is 0 Å². The summed E-state index contributed by atoms with van der Waals surface area (Å²) in [5, 5.41) is 0. The van der Waals surface area contributed by atoms with Gasteiger partial charge >= 0.3 is 0 Å². The quantitative estimate of drug-likeness (QED) is 0.744. The van der Waals surface area contributed by atoms with Crippen molar-refractivity contribution in [1.29, 1.82) is 0 Å². The third-order valence-corrected chi connectivity index (χ3v) is 3.00. The van der Waals surface area contributed by atoms with Crippen LogP contribution in [-0.2, 0) is 4.79 Å². The van der Waals surface area contributed by atoms with Crippen LogP contribution >= 0.6 is 0 Å². The van der Waals surface area contributed by atoms with E-state index in [1.165, 1.54) is 19.3 Å². The minimum absolute atomic E-state index is 0.226. The van der Waals surface area contributed by atoms with E-state index in [2.05, 4.69) is 0 Å². The van der Waals surface area contributed by atoms with Crippen molar-refractivity contribution in [1.82, 2.24) is 4.90 Å². The highest BCUT2D eigenvalue weighted by Crippen LogP contribution is 2.24. The van der Waals surface area contributed by atoms with Crippen molar-refractivity contribution in [2.45, 2.75) is 57.5 Å². The van der Waals surface area contributed by atoms with Crippen LogP contribution in [0.2, 0.25) is 0 Å². The summed E-state index contributed by atoms with van der Waals surface area (Å²) in [7, 11) is 1.91. The average Bonchev–Trinajstić information content (AvgIpc) is 1.95. The van der Waals surface area contributed by atoms with E-state index >= 15 is 0 Å². The molecule has 0 aromatic carbocycles. The summed E-state index contributed by atoms with van der Waals surface area (Å²) >= 11 is 0. The Hall–Kier alpha value is -0.570. The van der Waals surface area contributed by atoms with E-state index in [9.17, 15) is 4.79 Å². The van der Waals surface area contributed by atoms with Gasteiger partial charge in [-0.3, -0.25) is 4.79 Å². The summed E-state index contributed by atoms with van der Waals surface area (Å²) in [5.41, 5.74) is 5.61. The average molecular weight is 198 g/mol. The zero-order valence-electron chi connectivity index (χ0n) is 9.55. The molecule has 0 spiro atoms. The minimum Gasteiger partial charge on any atom is -0.343 e. The fraction of sp³-hybridized carbons (Fsp3) is 0.909. The molecule has 0 atom stereocenters. The Morgan fingerprint density at radius 3 is 2.43 bits per heavy atom. The van der Waals surface area contributed by atoms with Crippen LogP contribution in [0.3, 0.4) is 0 Å². The maximum Gasteiger partial charge on any atom is 0.222 e. The molecule has 0 aliphatic heterocycles. The normalized spacial score (nSPS) is 17.7. The summed E-state index contributed by atoms with van der Waals surface area (Å²) < 4.78 is 0. The SMILES string of the molecule is CN(C(=O)CCC(C)(C)N)C1CCC1. The molecule has 0 radical (unpaired) electrons. The van der Waals surface area contributed by atoms with Crippen LogP contribution in [0.4, 0.5) is 0 Å². The Labute approximate surface area is 86.6 Å². The highest BCUT2D eigenvalue weighted by Gasteiger charge is 2.26. The van der Waals surface area contributed by atoms with E-state index in [-0.39, 0.29) is 11.4 Å². The molecule has 0 aromatic heterocycles. The van der Waals surface area contributed by atoms with Crippen molar-refractivity contribution >= 4 is 5.91 Å². The van der Waals surface area contributed by atoms with Crippen molar-refractivity contribution in [3.05, 3.63) is 0 Å². The molecule has 1 amide bonds. The minimum atomic E-state index is -0.226. The van der Waals surface area contributed by atoms with Crippen LogP contribution < -0.4 is 5.73 Å². The number of nitrogens with zero attached hydrogens (tertiary/aromatic N) is 1. The Bertz CT molecular complexity index is 204. The van der Waals surface area contributed by atoms with Crippen molar-refractivity contribution in [3.63, 3.8) is 0 Å². The van der Waals surface area contributed by atoms with Gasteiger partial charge in [-0.2, -0.15) is 0 Å². The van der Waals surface area contributed by atoms with E-state index < -0.39 is 0 Å². The molecule has 0 heterocycles. The maximum atomic E-state index is 11.7. The van der Waals surface area contributed by atoms with E-state index in [1.54, 1.807) is 0 Å². The third kappa shape index (κ3) is 3.29. The molecule has 2 N–H and O–H groups in total. The number of hydrogen-bond donors (Lipinski definition) is 1. The van der Waals surface area contributed by atoms with Crippen molar-refractivity contribution in [3.8, 4) is 0 Å². The number of hydrogen-bond acceptors (Lipinski definition) is 2. The van der Waals surface area contributed by atoms with Crippen molar-refractivity contribution in [2.75, 3.05) is 7.05 Å². The molecule has 3 nitrogen and oxygen atoms in total. The first-order chi connectivity index (χ1) is 6.40. The van der Waals surface area contributed by atoms with Crippen molar-refractivity contribution in [2.24, 2.45) is 5.73 Å². The molecular weight excluding hydrogens is 176 g/mol. The second-order valence-corrected chi connectivity index (χ2v) is 5.08. The second kappa shape index (κ2) is 4.30. The molecule has 0 saturated heterocycles. The van der Waals surface area contributed by atoms with Crippen LogP contribution in [0.15, 0.2) is 0 Å². The van der Waals surface area contributed by atoms with Gasteiger partial charge in [-0.05, 0) is 39.5 Å². The first kappa shape index (κ1) is 11.5. The van der Waals surface area contributed by atoms with E-state index in [1.807, 2.05) is 25.8 Å². The van der Waals surface area contributed by atoms with Gasteiger partial charge in [0, 0.05) is 25.0 Å². The smallest absolute Gasteiger partial charge is 0.222 e. The lowest BCUT2D eigenvalue weighted by molar-refractivity contribution is -0.133. The summed E-state index contributed by atoms with van der Waals surface area (Å²) in [6.45, 7) is 3.92. The molecule has 0 aromatic rings. The molecule has 0 bridgehead atoms. The number of rotatable bonds is 4. The van der Waals surface area contributed by atoms with E-state index in [0.29, 0.717) is 12.5 Å². The summed E-state index contributed by atoms with van der Waals surface area (Å²) in [5.74, 6) is 0.244. The Balaban J connectivity index is 2.27. The molecule has 82 valence electrons. The molecule has 1 aliphatic carbocycles. The predicted octanol–water partition coefficient (Wildman–Crippen LogP) is 1.51. The van der Waals surface area contributed by atoms with E-state index in [0.717, 1.165) is 6.42 Å². The summed E-state index contributed by atoms with van der Waals surface area (Å²) in [4.78, 5) is 13.6. The van der Waals surface area contributed by atoms with Crippen LogP contribution in [-0.4, -0.2) is 29.4 Å². The fourth-order valence-electron chi connectivity index (χ4n) is 1.58. The monoisotopic (exact) mass is 198 g/mol. The Kier molecular flexibility index (Phi) is 3.53. The van der Waals surface area contributed by atoms with Gasteiger partial charge in [-0.25, -0.2) is 0 Å². The molecule has 0 unspecified atom stereocenters. The van der Waals surface area contributed by atoms with Gasteiger partial charge in [-0.15, -0.1) is 0 Å². The molecular formula is C11H22N2O. The van der Waals surface area contributed by atoms with Crippen LogP contribution in [0, 0.1) is 0 Å². The molecule has 3 heteroatoms. The molecule has 14 heavy (non-hydrogen) atoms. The topological polar surface area (TPSA) is 46.3 Å². The number of carbonyl (C=O) groups excluding carboxylic acids is 1. The third-order valence-electron chi connectivity index (χ3n) is 3.00. The molecule has 1 aliphatic rings. The number of nitrogens with two attached hydrogens (primary N) is 1. The lowest BCUT2D eigenvalue weighted by atomic mass is 9.91. The fourth-order valence-corrected chi connectivity index (χ4v) is 1.58. The lowest BCUT2D eigenvalue weighted by Gasteiger charge is -2.35. The zero-order valence-corrected chi connectivity index (χ0v) is 9.55. The largest absolute Gasteiger partial charge is 0.343 e. The van der Waals surface area contributed by atoms with Crippen LogP contribution in [0.25, 0.3) is 0 Å². The van der Waals surface area contributed by atoms with Crippen LogP contribution in [0.5, 0.6) is 0 Å². The predicted molar refractivity (Wildman–Crippen MR) is 57.9 cm³/mol. The van der Waals surface area contributed by atoms with Gasteiger partial charge in [-0.1, -0.05) is 0 Å². The first-order valence-corrected chi connectivity index (χ1v) is 5.45. The standard InChI is InChI=1S/C11H22N2O/c1-11(2,12)8-7-10(14)13(3)9-5-4-6-9/h9H,4-8,12H2,1-3H3. The number of carbonyl (C=O) groups is 1. The van der Waals surface area contributed by atoms with Gasteiger partial charge in [0.15, 0.2) is 0 Å². The molecule has 1 rings (SSSR count). The zero-order chi connectivity index (χ0) is 10.8. The van der Waals surface area contributed by atoms with Crippen molar-refractivity contribution < 1.29 is 4.79 Å². The van der Waals surface area contributed by atoms with Gasteiger partial charge in [0.1, 0.15) is 0 Å². The van der Waals surface area contributed by atoms with Gasteiger partial charge < -0.3 is 10.6 Å². The Morgan fingerprint density at radius 1 is 1.50 bits per heavy atom. The maximum absolute atomic E-state index is 11.7. The second-order valence-electron chi connectivity index (χ2n) is 5.08. The highest BCUT2D eigenvalue weighted by molar-refractivity contribution is 5.76. The summed E-state index contributed by atoms with van der Waals surface area (Å²) in [6.07, 6.45) is 4.96. The molecule has 1 fully saturated rings. The van der Waals surface area contributed by atoms with Gasteiger partial charge in [0.05, 0.1) is 0 Å². The summed E-state index contributed by atoms with van der Waals surface area (Å²) in [6, 6.07) is 0.503. The Morgan fingerprint density at radius 2 is 2.07 bits per heavy atom. The van der Waals surface area contributed by atoms with E-state index in [4.69, 9.17) is 5.73 Å². The highest BCUT2D eigenvalue weighted by atomic mass is 16.2. The number of amides is 1.